The zero-order chi connectivity index (χ0) is 19.7. The van der Waals surface area contributed by atoms with Crippen molar-refractivity contribution >= 4 is 34.1 Å². The summed E-state index contributed by atoms with van der Waals surface area (Å²) < 4.78 is 1.80. The third kappa shape index (κ3) is 3.59. The standard InChI is InChI=1S/C21H18ClN5O/c1-13-11-14(2)24-21(23-13)26-25-19-17-5-3-4-6-18(17)27(20(19)28)12-15-7-9-16(22)10-8-15/h3-11,28H,12H2,1-2H3. The Labute approximate surface area is 167 Å². The van der Waals surface area contributed by atoms with E-state index >= 15 is 0 Å². The minimum Gasteiger partial charge on any atom is -0.493 e. The molecule has 0 amide bonds. The second-order valence-corrected chi connectivity index (χ2v) is 6.99. The average Bonchev–Trinajstić information content (AvgIpc) is 2.93. The molecule has 4 aromatic rings. The van der Waals surface area contributed by atoms with Gasteiger partial charge in [0.1, 0.15) is 0 Å². The summed E-state index contributed by atoms with van der Waals surface area (Å²) >= 11 is 5.97. The van der Waals surface area contributed by atoms with Gasteiger partial charge in [-0.05, 0) is 43.7 Å². The van der Waals surface area contributed by atoms with Crippen LogP contribution in [0.25, 0.3) is 10.9 Å². The molecular weight excluding hydrogens is 374 g/mol. The average molecular weight is 392 g/mol. The van der Waals surface area contributed by atoms with Gasteiger partial charge in [0.2, 0.25) is 5.88 Å². The molecule has 1 N–H and O–H groups in total. The summed E-state index contributed by atoms with van der Waals surface area (Å²) in [5.41, 5.74) is 3.91. The summed E-state index contributed by atoms with van der Waals surface area (Å²) in [4.78, 5) is 8.54. The van der Waals surface area contributed by atoms with Crippen molar-refractivity contribution in [2.45, 2.75) is 20.4 Å². The Morgan fingerprint density at radius 2 is 1.64 bits per heavy atom. The molecule has 0 fully saturated rings. The normalized spacial score (nSPS) is 11.5. The second kappa shape index (κ2) is 7.40. The summed E-state index contributed by atoms with van der Waals surface area (Å²) in [6.07, 6.45) is 0. The number of aromatic hydroxyl groups is 1. The van der Waals surface area contributed by atoms with Gasteiger partial charge >= 0.3 is 0 Å². The molecular formula is C21H18ClN5O. The molecule has 0 radical (unpaired) electrons. The van der Waals surface area contributed by atoms with Crippen molar-refractivity contribution in [3.05, 3.63) is 76.6 Å². The Bertz CT molecular complexity index is 1160. The van der Waals surface area contributed by atoms with Gasteiger partial charge < -0.3 is 9.67 Å². The molecule has 28 heavy (non-hydrogen) atoms. The Hall–Kier alpha value is -3.25. The number of halogens is 1. The molecule has 140 valence electrons. The first kappa shape index (κ1) is 18.1. The molecule has 0 atom stereocenters. The van der Waals surface area contributed by atoms with E-state index in [4.69, 9.17) is 11.6 Å². The van der Waals surface area contributed by atoms with Gasteiger partial charge in [0, 0.05) is 21.8 Å². The number of para-hydroxylation sites is 1. The van der Waals surface area contributed by atoms with E-state index in [-0.39, 0.29) is 11.8 Å². The summed E-state index contributed by atoms with van der Waals surface area (Å²) in [7, 11) is 0. The highest BCUT2D eigenvalue weighted by molar-refractivity contribution is 6.30. The number of benzene rings is 2. The summed E-state index contributed by atoms with van der Waals surface area (Å²) in [5.74, 6) is 0.315. The number of hydrogen-bond donors (Lipinski definition) is 1. The molecule has 0 aliphatic heterocycles. The highest BCUT2D eigenvalue weighted by Crippen LogP contribution is 2.39. The molecule has 0 saturated heterocycles. The Balaban J connectivity index is 1.77. The molecule has 6 nitrogen and oxygen atoms in total. The number of hydrogen-bond acceptors (Lipinski definition) is 5. The smallest absolute Gasteiger partial charge is 0.269 e. The van der Waals surface area contributed by atoms with Crippen molar-refractivity contribution in [2.24, 2.45) is 10.2 Å². The monoisotopic (exact) mass is 391 g/mol. The molecule has 2 heterocycles. The van der Waals surface area contributed by atoms with Crippen molar-refractivity contribution in [3.63, 3.8) is 0 Å². The van der Waals surface area contributed by atoms with Crippen LogP contribution in [0.1, 0.15) is 17.0 Å². The molecule has 0 bridgehead atoms. The number of rotatable bonds is 4. The topological polar surface area (TPSA) is 75.7 Å². The quantitative estimate of drug-likeness (QED) is 0.442. The van der Waals surface area contributed by atoms with Crippen LogP contribution in [0, 0.1) is 13.8 Å². The van der Waals surface area contributed by atoms with Crippen molar-refractivity contribution < 1.29 is 5.11 Å². The van der Waals surface area contributed by atoms with E-state index in [0.29, 0.717) is 17.3 Å². The fourth-order valence-electron chi connectivity index (χ4n) is 3.15. The number of nitrogens with zero attached hydrogens (tertiary/aromatic N) is 5. The lowest BCUT2D eigenvalue weighted by molar-refractivity contribution is 0.429. The van der Waals surface area contributed by atoms with Gasteiger partial charge in [0.05, 0.1) is 12.1 Å². The largest absolute Gasteiger partial charge is 0.493 e. The predicted octanol–water partition coefficient (Wildman–Crippen LogP) is 5.87. The number of aromatic nitrogens is 3. The Kier molecular flexibility index (Phi) is 4.79. The van der Waals surface area contributed by atoms with Crippen LogP contribution in [0.3, 0.4) is 0 Å². The van der Waals surface area contributed by atoms with Gasteiger partial charge in [-0.3, -0.25) is 0 Å². The van der Waals surface area contributed by atoms with Crippen molar-refractivity contribution in [3.8, 4) is 5.88 Å². The van der Waals surface area contributed by atoms with Gasteiger partial charge in [-0.25, -0.2) is 9.97 Å². The van der Waals surface area contributed by atoms with Crippen LogP contribution in [0.2, 0.25) is 5.02 Å². The molecule has 7 heteroatoms. The molecule has 2 aromatic carbocycles. The van der Waals surface area contributed by atoms with E-state index in [1.54, 1.807) is 4.57 Å². The lowest BCUT2D eigenvalue weighted by Gasteiger charge is -2.07. The zero-order valence-electron chi connectivity index (χ0n) is 15.5. The van der Waals surface area contributed by atoms with Gasteiger partial charge in [0.15, 0.2) is 5.69 Å². The number of azo groups is 1. The first-order valence-electron chi connectivity index (χ1n) is 8.80. The molecule has 4 rings (SSSR count). The Morgan fingerprint density at radius 1 is 0.964 bits per heavy atom. The highest BCUT2D eigenvalue weighted by Gasteiger charge is 2.16. The van der Waals surface area contributed by atoms with Crippen LogP contribution in [-0.4, -0.2) is 19.6 Å². The van der Waals surface area contributed by atoms with E-state index in [9.17, 15) is 5.11 Å². The van der Waals surface area contributed by atoms with Crippen molar-refractivity contribution in [1.29, 1.82) is 0 Å². The van der Waals surface area contributed by atoms with Gasteiger partial charge in [0.25, 0.3) is 5.95 Å². The number of fused-ring (bicyclic) bond motifs is 1. The molecule has 0 spiro atoms. The lowest BCUT2D eigenvalue weighted by atomic mass is 10.2. The maximum absolute atomic E-state index is 10.9. The van der Waals surface area contributed by atoms with Crippen molar-refractivity contribution in [2.75, 3.05) is 0 Å². The predicted molar refractivity (Wildman–Crippen MR) is 110 cm³/mol. The number of aryl methyl sites for hydroxylation is 2. The maximum atomic E-state index is 10.9. The SMILES string of the molecule is Cc1cc(C)nc(N=Nc2c(O)n(Cc3ccc(Cl)cc3)c3ccccc23)n1. The van der Waals surface area contributed by atoms with E-state index in [1.165, 1.54) is 0 Å². The van der Waals surface area contributed by atoms with Crippen LogP contribution >= 0.6 is 11.6 Å². The van der Waals surface area contributed by atoms with E-state index in [2.05, 4.69) is 20.2 Å². The van der Waals surface area contributed by atoms with E-state index in [0.717, 1.165) is 27.9 Å². The molecule has 0 aliphatic carbocycles. The second-order valence-electron chi connectivity index (χ2n) is 6.55. The first-order valence-corrected chi connectivity index (χ1v) is 9.18. The van der Waals surface area contributed by atoms with Crippen LogP contribution in [0.4, 0.5) is 11.6 Å². The summed E-state index contributed by atoms with van der Waals surface area (Å²) in [6, 6.07) is 17.1. The highest BCUT2D eigenvalue weighted by atomic mass is 35.5. The molecule has 0 unspecified atom stereocenters. The lowest BCUT2D eigenvalue weighted by Crippen LogP contribution is -1.98. The van der Waals surface area contributed by atoms with Crippen LogP contribution in [-0.2, 0) is 6.54 Å². The van der Waals surface area contributed by atoms with E-state index in [1.807, 2.05) is 68.4 Å². The summed E-state index contributed by atoms with van der Waals surface area (Å²) in [6.45, 7) is 4.24. The van der Waals surface area contributed by atoms with Crippen molar-refractivity contribution in [1.82, 2.24) is 14.5 Å². The maximum Gasteiger partial charge on any atom is 0.269 e. The molecule has 2 aromatic heterocycles. The van der Waals surface area contributed by atoms with Crippen LogP contribution < -0.4 is 0 Å². The van der Waals surface area contributed by atoms with Crippen LogP contribution in [0.5, 0.6) is 5.88 Å². The fraction of sp³-hybridized carbons (Fsp3) is 0.143. The minimum atomic E-state index is 0.0456. The molecule has 0 saturated carbocycles. The van der Waals surface area contributed by atoms with Gasteiger partial charge in [-0.15, -0.1) is 10.2 Å². The van der Waals surface area contributed by atoms with Gasteiger partial charge in [-0.1, -0.05) is 41.9 Å². The molecule has 0 aliphatic rings. The zero-order valence-corrected chi connectivity index (χ0v) is 16.2. The third-order valence-corrected chi connectivity index (χ3v) is 4.63. The van der Waals surface area contributed by atoms with Gasteiger partial charge in [-0.2, -0.15) is 0 Å². The first-order chi connectivity index (χ1) is 13.5. The fourth-order valence-corrected chi connectivity index (χ4v) is 3.28. The minimum absolute atomic E-state index is 0.0456. The third-order valence-electron chi connectivity index (χ3n) is 4.38. The summed E-state index contributed by atoms with van der Waals surface area (Å²) in [5, 5.41) is 20.8. The van der Waals surface area contributed by atoms with Crippen LogP contribution in [0.15, 0.2) is 64.8 Å². The Morgan fingerprint density at radius 3 is 2.36 bits per heavy atom. The van der Waals surface area contributed by atoms with E-state index < -0.39 is 0 Å².